The lowest BCUT2D eigenvalue weighted by Gasteiger charge is -2.16. The highest BCUT2D eigenvalue weighted by molar-refractivity contribution is 7.91. The van der Waals surface area contributed by atoms with Crippen molar-refractivity contribution in [1.82, 2.24) is 14.3 Å². The first-order chi connectivity index (χ1) is 13.1. The van der Waals surface area contributed by atoms with E-state index in [1.165, 1.54) is 0 Å². The third kappa shape index (κ3) is 3.40. The second kappa shape index (κ2) is 7.02. The smallest absolute Gasteiger partial charge is 0.285 e. The topological polar surface area (TPSA) is 115 Å². The maximum absolute atomic E-state index is 12.9. The fraction of sp³-hybridized carbons (Fsp3) is 0.474. The van der Waals surface area contributed by atoms with Gasteiger partial charge >= 0.3 is 0 Å². The van der Waals surface area contributed by atoms with Crippen LogP contribution in [0.3, 0.4) is 0 Å². The van der Waals surface area contributed by atoms with Crippen LogP contribution < -0.4 is 5.56 Å². The summed E-state index contributed by atoms with van der Waals surface area (Å²) in [7, 11) is -3.05. The monoisotopic (exact) mass is 402 g/mol. The molecule has 1 aliphatic rings. The molecule has 2 aromatic rings. The fourth-order valence-electron chi connectivity index (χ4n) is 3.83. The molecule has 0 aromatic carbocycles. The third-order valence-electron chi connectivity index (χ3n) is 5.40. The summed E-state index contributed by atoms with van der Waals surface area (Å²) in [5.41, 5.74) is 2.36. The van der Waals surface area contributed by atoms with Gasteiger partial charge in [0, 0.05) is 23.0 Å². The number of nitriles is 1. The number of hydrogen-bond acceptors (Lipinski definition) is 6. The number of sulfone groups is 1. The van der Waals surface area contributed by atoms with Gasteiger partial charge in [-0.2, -0.15) is 10.4 Å². The Kier molecular flexibility index (Phi) is 5.02. The van der Waals surface area contributed by atoms with Gasteiger partial charge in [-0.1, -0.05) is 0 Å². The molecule has 0 saturated carbocycles. The van der Waals surface area contributed by atoms with Gasteiger partial charge in [0.05, 0.1) is 17.2 Å². The van der Waals surface area contributed by atoms with E-state index in [2.05, 4.69) is 5.10 Å². The normalized spacial score (nSPS) is 18.2. The molecular formula is C19H22N4O4S. The predicted molar refractivity (Wildman–Crippen MR) is 103 cm³/mol. The molecule has 0 aliphatic carbocycles. The number of carbonyl (C=O) groups is 1. The lowest BCUT2D eigenvalue weighted by molar-refractivity contribution is 0.0964. The summed E-state index contributed by atoms with van der Waals surface area (Å²) in [5.74, 6) is -0.0839. The van der Waals surface area contributed by atoms with Gasteiger partial charge < -0.3 is 4.57 Å². The Hall–Kier alpha value is -2.73. The number of aromatic nitrogens is 3. The molecule has 1 aliphatic heterocycles. The molecule has 0 bridgehead atoms. The molecule has 0 amide bonds. The Balaban J connectivity index is 1.96. The van der Waals surface area contributed by atoms with Crippen LogP contribution in [0.1, 0.15) is 51.0 Å². The minimum absolute atomic E-state index is 0.0121. The molecule has 0 radical (unpaired) electrons. The van der Waals surface area contributed by atoms with Gasteiger partial charge in [0.1, 0.15) is 18.2 Å². The Morgan fingerprint density at radius 3 is 2.57 bits per heavy atom. The van der Waals surface area contributed by atoms with E-state index in [-0.39, 0.29) is 35.4 Å². The van der Waals surface area contributed by atoms with Crippen molar-refractivity contribution >= 4 is 15.6 Å². The van der Waals surface area contributed by atoms with Crippen LogP contribution in [0.4, 0.5) is 0 Å². The number of aryl methyl sites for hydroxylation is 2. The first-order valence-electron chi connectivity index (χ1n) is 8.96. The highest BCUT2D eigenvalue weighted by Crippen LogP contribution is 2.29. The fourth-order valence-corrected chi connectivity index (χ4v) is 5.53. The maximum atomic E-state index is 12.9. The van der Waals surface area contributed by atoms with Gasteiger partial charge in [-0.05, 0) is 45.7 Å². The molecule has 1 fully saturated rings. The average Bonchev–Trinajstić information content (AvgIpc) is 3.11. The van der Waals surface area contributed by atoms with Gasteiger partial charge in [0.15, 0.2) is 15.6 Å². The molecular weight excluding hydrogens is 380 g/mol. The quantitative estimate of drug-likeness (QED) is 0.714. The van der Waals surface area contributed by atoms with Crippen molar-refractivity contribution in [3.05, 3.63) is 50.2 Å². The summed E-state index contributed by atoms with van der Waals surface area (Å²) >= 11 is 0. The van der Waals surface area contributed by atoms with E-state index >= 15 is 0 Å². The second-order valence-electron chi connectivity index (χ2n) is 7.29. The van der Waals surface area contributed by atoms with E-state index in [0.717, 1.165) is 10.4 Å². The lowest BCUT2D eigenvalue weighted by atomic mass is 10.1. The van der Waals surface area contributed by atoms with E-state index in [1.54, 1.807) is 26.8 Å². The molecule has 0 spiro atoms. The molecule has 2 aromatic heterocycles. The third-order valence-corrected chi connectivity index (χ3v) is 7.15. The van der Waals surface area contributed by atoms with Crippen LogP contribution >= 0.6 is 0 Å². The van der Waals surface area contributed by atoms with Crippen molar-refractivity contribution < 1.29 is 13.2 Å². The number of hydrogen-bond donors (Lipinski definition) is 0. The average molecular weight is 402 g/mol. The first kappa shape index (κ1) is 20.0. The van der Waals surface area contributed by atoms with Crippen molar-refractivity contribution in [2.45, 2.75) is 46.7 Å². The zero-order valence-electron chi connectivity index (χ0n) is 16.3. The molecule has 3 rings (SSSR count). The molecule has 148 valence electrons. The van der Waals surface area contributed by atoms with Crippen molar-refractivity contribution in [3.8, 4) is 6.07 Å². The Morgan fingerprint density at radius 1 is 1.32 bits per heavy atom. The summed E-state index contributed by atoms with van der Waals surface area (Å²) in [6.45, 7) is 6.67. The number of carbonyl (C=O) groups excluding carboxylic acids is 1. The predicted octanol–water partition coefficient (Wildman–Crippen LogP) is 1.39. The zero-order chi connectivity index (χ0) is 20.8. The summed E-state index contributed by atoms with van der Waals surface area (Å²) in [6, 6.07) is 3.42. The molecule has 1 atom stereocenters. The van der Waals surface area contributed by atoms with E-state index in [1.807, 2.05) is 17.6 Å². The van der Waals surface area contributed by atoms with Gasteiger partial charge in [-0.25, -0.2) is 13.1 Å². The van der Waals surface area contributed by atoms with Gasteiger partial charge in [-0.15, -0.1) is 0 Å². The minimum Gasteiger partial charge on any atom is -0.344 e. The highest BCUT2D eigenvalue weighted by Gasteiger charge is 2.31. The maximum Gasteiger partial charge on any atom is 0.285 e. The standard InChI is InChI=1S/C19H22N4O4S/c1-11-7-16(14(4)23(11)15-5-6-28(26,27)10-15)18(24)9-22-19(25)17(8-20)12(2)13(3)21-22/h7,15H,5-6,9-10H2,1-4H3/t15-/m0/s1. The molecule has 0 unspecified atom stereocenters. The van der Waals surface area contributed by atoms with Crippen LogP contribution in [-0.4, -0.2) is 40.1 Å². The van der Waals surface area contributed by atoms with Crippen LogP contribution in [0, 0.1) is 39.0 Å². The summed E-state index contributed by atoms with van der Waals surface area (Å²) in [6.07, 6.45) is 0.524. The summed E-state index contributed by atoms with van der Waals surface area (Å²) < 4.78 is 26.6. The van der Waals surface area contributed by atoms with Gasteiger partial charge in [0.25, 0.3) is 5.56 Å². The van der Waals surface area contributed by atoms with Crippen molar-refractivity contribution in [3.63, 3.8) is 0 Å². The summed E-state index contributed by atoms with van der Waals surface area (Å²) in [4.78, 5) is 25.3. The largest absolute Gasteiger partial charge is 0.344 e. The van der Waals surface area contributed by atoms with Crippen molar-refractivity contribution in [2.24, 2.45) is 0 Å². The highest BCUT2D eigenvalue weighted by atomic mass is 32.2. The van der Waals surface area contributed by atoms with Crippen LogP contribution in [0.15, 0.2) is 10.9 Å². The lowest BCUT2D eigenvalue weighted by Crippen LogP contribution is -2.30. The molecule has 1 saturated heterocycles. The van der Waals surface area contributed by atoms with Gasteiger partial charge in [0.2, 0.25) is 0 Å². The van der Waals surface area contributed by atoms with E-state index in [0.29, 0.717) is 28.9 Å². The van der Waals surface area contributed by atoms with E-state index < -0.39 is 15.4 Å². The molecule has 0 N–H and O–H groups in total. The Morgan fingerprint density at radius 2 is 2.00 bits per heavy atom. The van der Waals surface area contributed by atoms with E-state index in [4.69, 9.17) is 0 Å². The van der Waals surface area contributed by atoms with Crippen LogP contribution in [0.2, 0.25) is 0 Å². The number of ketones is 1. The number of nitrogens with zero attached hydrogens (tertiary/aromatic N) is 4. The molecule has 3 heterocycles. The van der Waals surface area contributed by atoms with E-state index in [9.17, 15) is 23.3 Å². The zero-order valence-corrected chi connectivity index (χ0v) is 17.1. The molecule has 9 heteroatoms. The molecule has 28 heavy (non-hydrogen) atoms. The van der Waals surface area contributed by atoms with Gasteiger partial charge in [-0.3, -0.25) is 9.59 Å². The van der Waals surface area contributed by atoms with Crippen LogP contribution in [0.5, 0.6) is 0 Å². The number of rotatable bonds is 4. The minimum atomic E-state index is -3.05. The second-order valence-corrected chi connectivity index (χ2v) is 9.52. The van der Waals surface area contributed by atoms with Crippen molar-refractivity contribution in [2.75, 3.05) is 11.5 Å². The molecule has 8 nitrogen and oxygen atoms in total. The Bertz CT molecular complexity index is 1180. The SMILES string of the molecule is Cc1nn(CC(=O)c2cc(C)n([C@H]3CCS(=O)(=O)C3)c2C)c(=O)c(C#N)c1C. The van der Waals surface area contributed by atoms with Crippen molar-refractivity contribution in [1.29, 1.82) is 5.26 Å². The Labute approximate surface area is 163 Å². The van der Waals surface area contributed by atoms with Crippen LogP contribution in [-0.2, 0) is 16.4 Å². The first-order valence-corrected chi connectivity index (χ1v) is 10.8. The number of Topliss-reactive ketones (excluding diaryl/α,β-unsaturated/α-hetero) is 1. The van der Waals surface area contributed by atoms with Crippen LogP contribution in [0.25, 0.3) is 0 Å². The summed E-state index contributed by atoms with van der Waals surface area (Å²) in [5, 5.41) is 13.4.